The third-order valence-electron chi connectivity index (χ3n) is 8.94. The Morgan fingerprint density at radius 2 is 1.49 bits per heavy atom. The van der Waals surface area contributed by atoms with Crippen LogP contribution in [0, 0.1) is 0 Å². The molecular formula is C38H39N4O2S+. The highest BCUT2D eigenvalue weighted by molar-refractivity contribution is 8.03. The highest BCUT2D eigenvalue weighted by Gasteiger charge is 2.29. The molecule has 0 spiro atoms. The maximum atomic E-state index is 5.72. The number of fused-ring (bicyclic) bond motifs is 2. The van der Waals surface area contributed by atoms with Gasteiger partial charge in [0.1, 0.15) is 23.6 Å². The Bertz CT molecular complexity index is 1860. The zero-order valence-electron chi connectivity index (χ0n) is 26.4. The quantitative estimate of drug-likeness (QED) is 0.181. The monoisotopic (exact) mass is 615 g/mol. The van der Waals surface area contributed by atoms with E-state index in [-0.39, 0.29) is 0 Å². The van der Waals surface area contributed by atoms with E-state index in [4.69, 9.17) is 9.47 Å². The number of likely N-dealkylation sites (N-methyl/N-ethyl adjacent to an activating group) is 1. The molecule has 4 aromatic carbocycles. The molecule has 0 radical (unpaired) electrons. The standard InChI is InChI=1S/C38H39N4O2S/c1-39-19-21-41(22-20-39)36-24-29(30-13-8-9-14-31(30)42(36)26-27-11-6-5-7-12-27)25-37-40(2)32-18-17-28(23-35(32)45-37)38-33(43-3)15-10-16-34(38)44-4/h5-18,23-25H,19-22,26H2,1-4H3/q+1. The molecule has 0 bridgehead atoms. The highest BCUT2D eigenvalue weighted by atomic mass is 32.2. The van der Waals surface area contributed by atoms with Gasteiger partial charge in [-0.15, -0.1) is 0 Å². The molecule has 3 heterocycles. The van der Waals surface area contributed by atoms with Crippen LogP contribution < -0.4 is 23.8 Å². The van der Waals surface area contributed by atoms with E-state index in [1.165, 1.54) is 43.5 Å². The molecule has 2 aliphatic rings. The molecule has 0 aliphatic carbocycles. The molecule has 1 saturated heterocycles. The molecule has 228 valence electrons. The van der Waals surface area contributed by atoms with Crippen LogP contribution >= 0.6 is 11.8 Å². The minimum atomic E-state index is 0.803. The summed E-state index contributed by atoms with van der Waals surface area (Å²) in [5.74, 6) is 2.88. The highest BCUT2D eigenvalue weighted by Crippen LogP contribution is 2.49. The first-order chi connectivity index (χ1) is 22.0. The molecule has 1 fully saturated rings. The lowest BCUT2D eigenvalue weighted by Crippen LogP contribution is -2.50. The van der Waals surface area contributed by atoms with Crippen LogP contribution in [-0.4, -0.2) is 59.4 Å². The molecular weight excluding hydrogens is 577 g/mol. The fraction of sp³-hybridized carbons (Fsp3) is 0.237. The molecule has 0 unspecified atom stereocenters. The second-order valence-corrected chi connectivity index (χ2v) is 12.8. The number of piperazine rings is 1. The van der Waals surface area contributed by atoms with Crippen molar-refractivity contribution in [3.05, 3.63) is 113 Å². The molecule has 0 amide bonds. The minimum absolute atomic E-state index is 0.803. The lowest BCUT2D eigenvalue weighted by Gasteiger charge is -2.30. The molecule has 2 aliphatic heterocycles. The second kappa shape index (κ2) is 12.5. The zero-order chi connectivity index (χ0) is 30.9. The molecule has 6 nitrogen and oxygen atoms in total. The number of anilines is 2. The third-order valence-corrected chi connectivity index (χ3v) is 10.1. The van der Waals surface area contributed by atoms with Crippen molar-refractivity contribution in [1.29, 1.82) is 0 Å². The number of rotatable bonds is 7. The number of hydrogen-bond donors (Lipinski definition) is 0. The second-order valence-electron chi connectivity index (χ2n) is 11.7. The third kappa shape index (κ3) is 5.62. The Kier molecular flexibility index (Phi) is 8.13. The lowest BCUT2D eigenvalue weighted by atomic mass is 10.0. The number of benzene rings is 4. The van der Waals surface area contributed by atoms with Crippen LogP contribution in [0.4, 0.5) is 11.5 Å². The van der Waals surface area contributed by atoms with Gasteiger partial charge in [0.25, 0.3) is 5.82 Å². The molecule has 0 atom stereocenters. The number of nitrogens with zero attached hydrogens (tertiary/aromatic N) is 4. The summed E-state index contributed by atoms with van der Waals surface area (Å²) in [6, 6.07) is 34.6. The van der Waals surface area contributed by atoms with Crippen LogP contribution in [0.15, 0.2) is 107 Å². The number of ether oxygens (including phenoxy) is 2. The van der Waals surface area contributed by atoms with E-state index in [9.17, 15) is 0 Å². The smallest absolute Gasteiger partial charge is 0.278 e. The molecule has 0 saturated carbocycles. The van der Waals surface area contributed by atoms with Gasteiger partial charge in [-0.2, -0.15) is 0 Å². The van der Waals surface area contributed by atoms with Gasteiger partial charge in [0.05, 0.1) is 43.6 Å². The Morgan fingerprint density at radius 3 is 2.22 bits per heavy atom. The van der Waals surface area contributed by atoms with Crippen LogP contribution in [0.5, 0.6) is 11.5 Å². The molecule has 5 aromatic rings. The first kappa shape index (κ1) is 29.3. The predicted molar refractivity (Wildman–Crippen MR) is 187 cm³/mol. The van der Waals surface area contributed by atoms with Crippen LogP contribution in [-0.2, 0) is 6.54 Å². The van der Waals surface area contributed by atoms with E-state index in [0.717, 1.165) is 55.3 Å². The Hall–Kier alpha value is -4.46. The van der Waals surface area contributed by atoms with E-state index in [2.05, 4.69) is 118 Å². The van der Waals surface area contributed by atoms with Gasteiger partial charge < -0.3 is 14.4 Å². The fourth-order valence-corrected chi connectivity index (χ4v) is 7.59. The fourth-order valence-electron chi connectivity index (χ4n) is 6.44. The number of para-hydroxylation sites is 1. The SMILES string of the molecule is COc1cccc(OC)c1-c1ccc2c(c1)SC(=Cc1cc(N3CCN(C)CC3)[n+](Cc3ccccc3)c3ccccc13)N2C. The van der Waals surface area contributed by atoms with E-state index in [0.29, 0.717) is 0 Å². The Morgan fingerprint density at radius 1 is 0.778 bits per heavy atom. The van der Waals surface area contributed by atoms with Crippen molar-refractivity contribution in [3.63, 3.8) is 0 Å². The average molecular weight is 616 g/mol. The van der Waals surface area contributed by atoms with Crippen LogP contribution in [0.1, 0.15) is 11.1 Å². The summed E-state index contributed by atoms with van der Waals surface area (Å²) in [6.07, 6.45) is 2.36. The average Bonchev–Trinajstić information content (AvgIpc) is 3.39. The largest absolute Gasteiger partial charge is 0.496 e. The van der Waals surface area contributed by atoms with Crippen molar-refractivity contribution < 1.29 is 14.0 Å². The summed E-state index contributed by atoms with van der Waals surface area (Å²) >= 11 is 1.81. The van der Waals surface area contributed by atoms with Gasteiger partial charge in [0, 0.05) is 36.5 Å². The number of hydrogen-bond acceptors (Lipinski definition) is 6. The summed E-state index contributed by atoms with van der Waals surface area (Å²) < 4.78 is 13.9. The van der Waals surface area contributed by atoms with Gasteiger partial charge in [-0.25, -0.2) is 4.57 Å². The van der Waals surface area contributed by atoms with E-state index in [1.54, 1.807) is 14.2 Å². The van der Waals surface area contributed by atoms with Crippen molar-refractivity contribution >= 4 is 40.2 Å². The number of methoxy groups -OCH3 is 2. The molecule has 7 heteroatoms. The van der Waals surface area contributed by atoms with E-state index < -0.39 is 0 Å². The van der Waals surface area contributed by atoms with Crippen molar-refractivity contribution in [2.75, 3.05) is 64.3 Å². The number of aromatic nitrogens is 1. The molecule has 45 heavy (non-hydrogen) atoms. The Labute approximate surface area is 270 Å². The molecule has 1 aromatic heterocycles. The lowest BCUT2D eigenvalue weighted by molar-refractivity contribution is -0.649. The van der Waals surface area contributed by atoms with Gasteiger partial charge in [-0.05, 0) is 60.1 Å². The topological polar surface area (TPSA) is 32.1 Å². The summed E-state index contributed by atoms with van der Waals surface area (Å²) in [5, 5.41) is 2.45. The number of thioether (sulfide) groups is 1. The Balaban J connectivity index is 1.31. The minimum Gasteiger partial charge on any atom is -0.496 e. The molecule has 7 rings (SSSR count). The van der Waals surface area contributed by atoms with E-state index in [1.807, 2.05) is 30.0 Å². The van der Waals surface area contributed by atoms with Crippen molar-refractivity contribution in [2.24, 2.45) is 0 Å². The van der Waals surface area contributed by atoms with Gasteiger partial charge in [0.2, 0.25) is 0 Å². The van der Waals surface area contributed by atoms with Crippen LogP contribution in [0.25, 0.3) is 28.1 Å². The van der Waals surface area contributed by atoms with Crippen molar-refractivity contribution in [2.45, 2.75) is 11.4 Å². The normalized spacial score (nSPS) is 16.0. The maximum absolute atomic E-state index is 5.72. The predicted octanol–water partition coefficient (Wildman–Crippen LogP) is 7.15. The number of pyridine rings is 1. The van der Waals surface area contributed by atoms with Gasteiger partial charge >= 0.3 is 0 Å². The summed E-state index contributed by atoms with van der Waals surface area (Å²) in [7, 11) is 7.79. The summed E-state index contributed by atoms with van der Waals surface area (Å²) in [6.45, 7) is 4.96. The summed E-state index contributed by atoms with van der Waals surface area (Å²) in [5.41, 5.74) is 7.03. The zero-order valence-corrected chi connectivity index (χ0v) is 27.2. The van der Waals surface area contributed by atoms with E-state index >= 15 is 0 Å². The van der Waals surface area contributed by atoms with Crippen LogP contribution in [0.3, 0.4) is 0 Å². The van der Waals surface area contributed by atoms with Crippen molar-refractivity contribution in [3.8, 4) is 22.6 Å². The summed E-state index contributed by atoms with van der Waals surface area (Å²) in [4.78, 5) is 8.49. The van der Waals surface area contributed by atoms with Crippen molar-refractivity contribution in [1.82, 2.24) is 4.90 Å². The van der Waals surface area contributed by atoms with Gasteiger partial charge in [-0.3, -0.25) is 9.80 Å². The first-order valence-electron chi connectivity index (χ1n) is 15.5. The first-order valence-corrected chi connectivity index (χ1v) is 16.3. The maximum Gasteiger partial charge on any atom is 0.278 e. The molecule has 0 N–H and O–H groups in total. The van der Waals surface area contributed by atoms with Gasteiger partial charge in [0.15, 0.2) is 0 Å². The van der Waals surface area contributed by atoms with Gasteiger partial charge in [-0.1, -0.05) is 72.4 Å². The van der Waals surface area contributed by atoms with Crippen LogP contribution in [0.2, 0.25) is 0 Å².